The lowest BCUT2D eigenvalue weighted by Crippen LogP contribution is -2.33. The first-order valence-electron chi connectivity index (χ1n) is 7.14. The first-order valence-corrected chi connectivity index (χ1v) is 9.17. The first-order chi connectivity index (χ1) is 10.3. The molecule has 0 aliphatic heterocycles. The third kappa shape index (κ3) is 4.11. The maximum atomic E-state index is 11.7. The Kier molecular flexibility index (Phi) is 4.98. The monoisotopic (exact) mass is 322 g/mol. The van der Waals surface area contributed by atoms with Crippen molar-refractivity contribution in [1.29, 1.82) is 0 Å². The number of carbonyl (C=O) groups excluding carboxylic acids is 1. The maximum Gasteiger partial charge on any atom is 0.236 e. The van der Waals surface area contributed by atoms with Crippen LogP contribution in [0.3, 0.4) is 0 Å². The highest BCUT2D eigenvalue weighted by Gasteiger charge is 2.17. The van der Waals surface area contributed by atoms with Crippen LogP contribution in [0.1, 0.15) is 25.0 Å². The van der Waals surface area contributed by atoms with Crippen molar-refractivity contribution in [2.75, 3.05) is 12.3 Å². The van der Waals surface area contributed by atoms with E-state index in [9.17, 15) is 4.79 Å². The minimum atomic E-state index is 0.119. The Morgan fingerprint density at radius 1 is 1.52 bits per heavy atom. The van der Waals surface area contributed by atoms with Gasteiger partial charge in [0.1, 0.15) is 6.26 Å². The summed E-state index contributed by atoms with van der Waals surface area (Å²) < 4.78 is 5.45. The van der Waals surface area contributed by atoms with Crippen molar-refractivity contribution in [1.82, 2.24) is 10.3 Å². The van der Waals surface area contributed by atoms with Gasteiger partial charge >= 0.3 is 0 Å². The van der Waals surface area contributed by atoms with E-state index in [1.165, 1.54) is 19.3 Å². The van der Waals surface area contributed by atoms with Gasteiger partial charge in [0.25, 0.3) is 0 Å². The lowest BCUT2D eigenvalue weighted by molar-refractivity contribution is -0.118. The van der Waals surface area contributed by atoms with Gasteiger partial charge in [-0.05, 0) is 30.2 Å². The van der Waals surface area contributed by atoms with Gasteiger partial charge in [-0.15, -0.1) is 23.1 Å². The molecule has 0 radical (unpaired) electrons. The number of aromatic nitrogens is 1. The molecule has 0 unspecified atom stereocenters. The van der Waals surface area contributed by atoms with Gasteiger partial charge in [0.05, 0.1) is 16.3 Å². The van der Waals surface area contributed by atoms with E-state index in [0.29, 0.717) is 23.3 Å². The zero-order valence-corrected chi connectivity index (χ0v) is 13.3. The number of amides is 1. The lowest BCUT2D eigenvalue weighted by Gasteiger charge is -2.25. The number of thiophene rings is 1. The van der Waals surface area contributed by atoms with Crippen LogP contribution in [-0.4, -0.2) is 23.2 Å². The number of hydrogen-bond donors (Lipinski definition) is 1. The summed E-state index contributed by atoms with van der Waals surface area (Å²) in [4.78, 5) is 17.2. The number of rotatable bonds is 7. The standard InChI is InChI=1S/C15H18N2O2S2/c18-14(16-7-11-3-1-4-11)10-20-9-12-8-19-15(17-12)13-5-2-6-21-13/h2,5-6,8,11H,1,3-4,7,9-10H2,(H,16,18). The minimum absolute atomic E-state index is 0.119. The third-order valence-electron chi connectivity index (χ3n) is 3.58. The van der Waals surface area contributed by atoms with Crippen LogP contribution in [0.15, 0.2) is 28.2 Å². The molecule has 2 heterocycles. The van der Waals surface area contributed by atoms with Gasteiger partial charge < -0.3 is 9.73 Å². The molecule has 3 rings (SSSR count). The summed E-state index contributed by atoms with van der Waals surface area (Å²) in [5.74, 6) is 2.67. The summed E-state index contributed by atoms with van der Waals surface area (Å²) in [5, 5.41) is 5.00. The SMILES string of the molecule is O=C(CSCc1coc(-c2cccs2)n1)NCC1CCC1. The van der Waals surface area contributed by atoms with E-state index in [1.54, 1.807) is 29.4 Å². The highest BCUT2D eigenvalue weighted by Crippen LogP contribution is 2.26. The first kappa shape index (κ1) is 14.7. The molecule has 1 aliphatic rings. The van der Waals surface area contributed by atoms with E-state index < -0.39 is 0 Å². The summed E-state index contributed by atoms with van der Waals surface area (Å²) in [6.07, 6.45) is 5.51. The molecule has 1 aliphatic carbocycles. The summed E-state index contributed by atoms with van der Waals surface area (Å²) >= 11 is 3.18. The average Bonchev–Trinajstić information content (AvgIpc) is 3.07. The molecule has 2 aromatic heterocycles. The molecule has 1 saturated carbocycles. The zero-order valence-electron chi connectivity index (χ0n) is 11.7. The molecule has 1 fully saturated rings. The molecule has 0 spiro atoms. The fourth-order valence-electron chi connectivity index (χ4n) is 2.14. The van der Waals surface area contributed by atoms with Crippen molar-refractivity contribution in [2.24, 2.45) is 5.92 Å². The average molecular weight is 322 g/mol. The molecule has 21 heavy (non-hydrogen) atoms. The summed E-state index contributed by atoms with van der Waals surface area (Å²) in [6.45, 7) is 0.839. The quantitative estimate of drug-likeness (QED) is 0.847. The highest BCUT2D eigenvalue weighted by atomic mass is 32.2. The molecule has 6 heteroatoms. The summed E-state index contributed by atoms with van der Waals surface area (Å²) in [5.41, 5.74) is 0.884. The molecular formula is C15H18N2O2S2. The molecule has 1 N–H and O–H groups in total. The number of nitrogens with zero attached hydrogens (tertiary/aromatic N) is 1. The maximum absolute atomic E-state index is 11.7. The second kappa shape index (κ2) is 7.13. The molecule has 0 atom stereocenters. The summed E-state index contributed by atoms with van der Waals surface area (Å²) in [7, 11) is 0. The molecular weight excluding hydrogens is 304 g/mol. The Hall–Kier alpha value is -1.27. The zero-order chi connectivity index (χ0) is 14.5. The van der Waals surface area contributed by atoms with Crippen molar-refractivity contribution < 1.29 is 9.21 Å². The number of thioether (sulfide) groups is 1. The number of carbonyl (C=O) groups is 1. The van der Waals surface area contributed by atoms with Crippen LogP contribution in [-0.2, 0) is 10.5 Å². The molecule has 0 bridgehead atoms. The fraction of sp³-hybridized carbons (Fsp3) is 0.467. The Morgan fingerprint density at radius 2 is 2.43 bits per heavy atom. The van der Waals surface area contributed by atoms with Crippen LogP contribution in [0, 0.1) is 5.92 Å². The number of nitrogens with one attached hydrogen (secondary N) is 1. The van der Waals surface area contributed by atoms with E-state index in [-0.39, 0.29) is 5.91 Å². The van der Waals surface area contributed by atoms with E-state index in [4.69, 9.17) is 4.42 Å². The Bertz CT molecular complexity index is 576. The predicted octanol–water partition coefficient (Wildman–Crippen LogP) is 3.55. The Morgan fingerprint density at radius 3 is 3.14 bits per heavy atom. The van der Waals surface area contributed by atoms with E-state index >= 15 is 0 Å². The third-order valence-corrected chi connectivity index (χ3v) is 5.40. The fourth-order valence-corrected chi connectivity index (χ4v) is 3.53. The second-order valence-electron chi connectivity index (χ2n) is 5.22. The molecule has 0 aromatic carbocycles. The Balaban J connectivity index is 1.38. The van der Waals surface area contributed by atoms with Crippen LogP contribution in [0.4, 0.5) is 0 Å². The number of oxazole rings is 1. The lowest BCUT2D eigenvalue weighted by atomic mass is 9.85. The largest absolute Gasteiger partial charge is 0.444 e. The van der Waals surface area contributed by atoms with Gasteiger partial charge in [0.15, 0.2) is 0 Å². The summed E-state index contributed by atoms with van der Waals surface area (Å²) in [6, 6.07) is 3.96. The molecule has 112 valence electrons. The van der Waals surface area contributed by atoms with Crippen LogP contribution in [0.25, 0.3) is 10.8 Å². The van der Waals surface area contributed by atoms with E-state index in [2.05, 4.69) is 10.3 Å². The molecule has 1 amide bonds. The normalized spacial score (nSPS) is 14.9. The van der Waals surface area contributed by atoms with Gasteiger partial charge in [0.2, 0.25) is 11.8 Å². The minimum Gasteiger partial charge on any atom is -0.444 e. The van der Waals surface area contributed by atoms with E-state index in [0.717, 1.165) is 17.1 Å². The number of hydrogen-bond acceptors (Lipinski definition) is 5. The van der Waals surface area contributed by atoms with Crippen LogP contribution >= 0.6 is 23.1 Å². The smallest absolute Gasteiger partial charge is 0.236 e. The molecule has 4 nitrogen and oxygen atoms in total. The highest BCUT2D eigenvalue weighted by molar-refractivity contribution is 7.99. The van der Waals surface area contributed by atoms with Crippen LogP contribution < -0.4 is 5.32 Å². The van der Waals surface area contributed by atoms with E-state index in [1.807, 2.05) is 17.5 Å². The predicted molar refractivity (Wildman–Crippen MR) is 86.3 cm³/mol. The van der Waals surface area contributed by atoms with Crippen molar-refractivity contribution in [2.45, 2.75) is 25.0 Å². The van der Waals surface area contributed by atoms with Crippen LogP contribution in [0.2, 0.25) is 0 Å². The van der Waals surface area contributed by atoms with Gasteiger partial charge in [0, 0.05) is 12.3 Å². The molecule has 0 saturated heterocycles. The van der Waals surface area contributed by atoms with Gasteiger partial charge in [-0.25, -0.2) is 4.98 Å². The van der Waals surface area contributed by atoms with Gasteiger partial charge in [-0.2, -0.15) is 0 Å². The topological polar surface area (TPSA) is 55.1 Å². The van der Waals surface area contributed by atoms with Crippen molar-refractivity contribution in [3.63, 3.8) is 0 Å². The van der Waals surface area contributed by atoms with Gasteiger partial charge in [-0.3, -0.25) is 4.79 Å². The Labute approximate surface area is 132 Å². The van der Waals surface area contributed by atoms with Gasteiger partial charge in [-0.1, -0.05) is 12.5 Å². The second-order valence-corrected chi connectivity index (χ2v) is 7.15. The van der Waals surface area contributed by atoms with Crippen molar-refractivity contribution in [3.8, 4) is 10.8 Å². The van der Waals surface area contributed by atoms with Crippen molar-refractivity contribution in [3.05, 3.63) is 29.5 Å². The van der Waals surface area contributed by atoms with Crippen LogP contribution in [0.5, 0.6) is 0 Å². The van der Waals surface area contributed by atoms with Crippen molar-refractivity contribution >= 4 is 29.0 Å². The molecule has 2 aromatic rings.